The van der Waals surface area contributed by atoms with E-state index in [4.69, 9.17) is 0 Å². The lowest BCUT2D eigenvalue weighted by Gasteiger charge is -2.39. The van der Waals surface area contributed by atoms with Crippen molar-refractivity contribution in [2.75, 3.05) is 0 Å². The number of carbonyl (C=O) groups excluding carboxylic acids is 1. The molecule has 110 valence electrons. The normalized spacial score (nSPS) is 23.2. The van der Waals surface area contributed by atoms with Crippen molar-refractivity contribution in [3.8, 4) is 5.75 Å². The molecule has 0 saturated carbocycles. The Labute approximate surface area is 110 Å². The van der Waals surface area contributed by atoms with Gasteiger partial charge in [0.05, 0.1) is 12.0 Å². The van der Waals surface area contributed by atoms with E-state index >= 15 is 0 Å². The van der Waals surface area contributed by atoms with E-state index in [-0.39, 0.29) is 5.56 Å². The zero-order valence-corrected chi connectivity index (χ0v) is 10.1. The number of alkyl halides is 5. The number of ether oxygens (including phenoxy) is 1. The van der Waals surface area contributed by atoms with Crippen molar-refractivity contribution in [1.82, 2.24) is 0 Å². The van der Waals surface area contributed by atoms with E-state index in [9.17, 15) is 31.9 Å². The predicted molar refractivity (Wildman–Crippen MR) is 56.7 cm³/mol. The average molecular weight is 296 g/mol. The van der Waals surface area contributed by atoms with E-state index < -0.39 is 35.8 Å². The molecule has 1 aromatic rings. The number of benzene rings is 1. The number of hydrogen-bond donors (Lipinski definition) is 1. The van der Waals surface area contributed by atoms with Gasteiger partial charge < -0.3 is 9.84 Å². The van der Waals surface area contributed by atoms with Crippen LogP contribution < -0.4 is 4.74 Å². The highest BCUT2D eigenvalue weighted by Gasteiger charge is 2.73. The van der Waals surface area contributed by atoms with Crippen LogP contribution in [0.15, 0.2) is 18.2 Å². The van der Waals surface area contributed by atoms with E-state index in [0.29, 0.717) is 5.56 Å². The van der Waals surface area contributed by atoms with Crippen LogP contribution in [-0.2, 0) is 0 Å². The molecular formula is C12H9F5O3. The zero-order valence-electron chi connectivity index (χ0n) is 10.1. The van der Waals surface area contributed by atoms with Gasteiger partial charge in [0.2, 0.25) is 0 Å². The van der Waals surface area contributed by atoms with Crippen molar-refractivity contribution >= 4 is 5.78 Å². The molecule has 8 heteroatoms. The monoisotopic (exact) mass is 296 g/mol. The Kier molecular flexibility index (Phi) is 3.05. The van der Waals surface area contributed by atoms with Gasteiger partial charge in [-0.25, -0.2) is 0 Å². The summed E-state index contributed by atoms with van der Waals surface area (Å²) in [5.41, 5.74) is 0.473. The number of aliphatic hydroxyl groups is 1. The van der Waals surface area contributed by atoms with E-state index in [2.05, 4.69) is 4.74 Å². The fraction of sp³-hybridized carbons (Fsp3) is 0.417. The van der Waals surface area contributed by atoms with Crippen molar-refractivity contribution in [3.63, 3.8) is 0 Å². The predicted octanol–water partition coefficient (Wildman–Crippen LogP) is 2.85. The molecule has 1 unspecified atom stereocenters. The van der Waals surface area contributed by atoms with Crippen LogP contribution in [0.25, 0.3) is 0 Å². The summed E-state index contributed by atoms with van der Waals surface area (Å²) >= 11 is 0. The molecule has 0 fully saturated rings. The van der Waals surface area contributed by atoms with E-state index in [1.165, 1.54) is 12.1 Å². The van der Waals surface area contributed by atoms with Crippen LogP contribution in [0.2, 0.25) is 0 Å². The molecule has 0 aliphatic carbocycles. The highest BCUT2D eigenvalue weighted by atomic mass is 19.4. The smallest absolute Gasteiger partial charge is 0.454 e. The molecule has 3 nitrogen and oxygen atoms in total. The Morgan fingerprint density at radius 1 is 1.25 bits per heavy atom. The number of halogens is 5. The molecule has 20 heavy (non-hydrogen) atoms. The molecule has 0 bridgehead atoms. The van der Waals surface area contributed by atoms with Crippen molar-refractivity contribution < 1.29 is 36.6 Å². The second kappa shape index (κ2) is 4.15. The van der Waals surface area contributed by atoms with Gasteiger partial charge in [-0.3, -0.25) is 4.79 Å². The highest BCUT2D eigenvalue weighted by molar-refractivity contribution is 6.00. The average Bonchev–Trinajstić information content (AvgIpc) is 2.28. The summed E-state index contributed by atoms with van der Waals surface area (Å²) in [5.74, 6) is -11.1. The first-order chi connectivity index (χ1) is 8.98. The van der Waals surface area contributed by atoms with Crippen LogP contribution >= 0.6 is 0 Å². The summed E-state index contributed by atoms with van der Waals surface area (Å²) < 4.78 is 68.0. The van der Waals surface area contributed by atoms with Gasteiger partial charge in [-0.15, -0.1) is 0 Å². The van der Waals surface area contributed by atoms with Crippen molar-refractivity contribution in [2.24, 2.45) is 0 Å². The van der Waals surface area contributed by atoms with Crippen LogP contribution in [0.1, 0.15) is 22.3 Å². The maximum atomic E-state index is 13.3. The highest BCUT2D eigenvalue weighted by Crippen LogP contribution is 2.48. The van der Waals surface area contributed by atoms with Gasteiger partial charge >= 0.3 is 12.1 Å². The summed E-state index contributed by atoms with van der Waals surface area (Å²) in [6.07, 6.45) is -7.51. The summed E-state index contributed by atoms with van der Waals surface area (Å²) in [6.45, 7) is 1.61. The van der Waals surface area contributed by atoms with Crippen molar-refractivity contribution in [2.45, 2.75) is 31.2 Å². The molecule has 1 atom stereocenters. The molecule has 1 aliphatic heterocycles. The van der Waals surface area contributed by atoms with Gasteiger partial charge in [0.1, 0.15) is 5.75 Å². The van der Waals surface area contributed by atoms with Gasteiger partial charge in [0, 0.05) is 0 Å². The third-order valence-corrected chi connectivity index (χ3v) is 2.96. The lowest BCUT2D eigenvalue weighted by Crippen LogP contribution is -2.62. The minimum absolute atomic E-state index is 0.132. The number of rotatable bonds is 1. The number of Topliss-reactive ketones (excluding diaryl/α,β-unsaturated/α-hetero) is 1. The second-order valence-corrected chi connectivity index (χ2v) is 4.56. The van der Waals surface area contributed by atoms with Gasteiger partial charge in [0.15, 0.2) is 5.78 Å². The molecule has 0 radical (unpaired) electrons. The Balaban J connectivity index is 2.49. The number of hydrogen-bond acceptors (Lipinski definition) is 3. The van der Waals surface area contributed by atoms with Crippen LogP contribution in [0.4, 0.5) is 22.0 Å². The molecule has 1 aromatic carbocycles. The number of fused-ring (bicyclic) bond motifs is 1. The number of ketones is 1. The summed E-state index contributed by atoms with van der Waals surface area (Å²) in [7, 11) is 0. The van der Waals surface area contributed by atoms with Gasteiger partial charge in [-0.2, -0.15) is 22.0 Å². The first-order valence-electron chi connectivity index (χ1n) is 5.48. The van der Waals surface area contributed by atoms with Gasteiger partial charge in [-0.1, -0.05) is 11.6 Å². The minimum atomic E-state index is -6.04. The fourth-order valence-corrected chi connectivity index (χ4v) is 1.88. The van der Waals surface area contributed by atoms with Crippen molar-refractivity contribution in [1.29, 1.82) is 0 Å². The molecule has 0 aromatic heterocycles. The Hall–Kier alpha value is -1.70. The summed E-state index contributed by atoms with van der Waals surface area (Å²) in [4.78, 5) is 11.7. The van der Waals surface area contributed by atoms with Crippen LogP contribution in [-0.4, -0.2) is 28.8 Å². The molecule has 2 rings (SSSR count). The molecule has 0 spiro atoms. The first kappa shape index (κ1) is 14.7. The van der Waals surface area contributed by atoms with E-state index in [0.717, 1.165) is 6.07 Å². The third-order valence-electron chi connectivity index (χ3n) is 2.96. The van der Waals surface area contributed by atoms with Gasteiger partial charge in [0.25, 0.3) is 5.79 Å². The van der Waals surface area contributed by atoms with E-state index in [1.807, 2.05) is 0 Å². The van der Waals surface area contributed by atoms with E-state index in [1.54, 1.807) is 6.92 Å². The van der Waals surface area contributed by atoms with Crippen LogP contribution in [0.5, 0.6) is 5.75 Å². The second-order valence-electron chi connectivity index (χ2n) is 4.56. The maximum absolute atomic E-state index is 13.3. The largest absolute Gasteiger partial charge is 0.460 e. The number of carbonyl (C=O) groups is 1. The molecule has 1 N–H and O–H groups in total. The molecule has 0 saturated heterocycles. The lowest BCUT2D eigenvalue weighted by atomic mass is 9.93. The standard InChI is InChI=1S/C12H9F5O3/c1-6-2-3-9-7(4-6)8(18)5-10(19,20-9)11(13,14)12(15,16)17/h2-4,19H,5H2,1H3. The van der Waals surface area contributed by atoms with Crippen molar-refractivity contribution in [3.05, 3.63) is 29.3 Å². The zero-order chi connectivity index (χ0) is 15.3. The Morgan fingerprint density at radius 3 is 2.40 bits per heavy atom. The SMILES string of the molecule is Cc1ccc2c(c1)C(=O)CC(O)(C(F)(F)C(F)(F)F)O2. The first-order valence-corrected chi connectivity index (χ1v) is 5.48. The Morgan fingerprint density at radius 2 is 1.85 bits per heavy atom. The quantitative estimate of drug-likeness (QED) is 0.811. The molecule has 1 aliphatic rings. The van der Waals surface area contributed by atoms with Crippen LogP contribution in [0, 0.1) is 6.92 Å². The van der Waals surface area contributed by atoms with Crippen LogP contribution in [0.3, 0.4) is 0 Å². The number of aryl methyl sites for hydroxylation is 1. The Bertz CT molecular complexity index is 567. The minimum Gasteiger partial charge on any atom is -0.454 e. The summed E-state index contributed by atoms with van der Waals surface area (Å²) in [5, 5.41) is 9.51. The summed E-state index contributed by atoms with van der Waals surface area (Å²) in [6, 6.07) is 3.73. The molecule has 0 amide bonds. The topological polar surface area (TPSA) is 46.5 Å². The molecular weight excluding hydrogens is 287 g/mol. The fourth-order valence-electron chi connectivity index (χ4n) is 1.88. The lowest BCUT2D eigenvalue weighted by molar-refractivity contribution is -0.384. The maximum Gasteiger partial charge on any atom is 0.460 e. The third kappa shape index (κ3) is 2.04. The van der Waals surface area contributed by atoms with Gasteiger partial charge in [-0.05, 0) is 19.1 Å². The molecule has 1 heterocycles.